The van der Waals surface area contributed by atoms with Gasteiger partial charge >= 0.3 is 5.97 Å². The topological polar surface area (TPSA) is 97.1 Å². The van der Waals surface area contributed by atoms with Crippen LogP contribution in [0, 0.1) is 6.92 Å². The van der Waals surface area contributed by atoms with Crippen molar-refractivity contribution in [3.05, 3.63) is 135 Å². The molecule has 0 saturated heterocycles. The summed E-state index contributed by atoms with van der Waals surface area (Å²) in [6.45, 7) is 7.85. The Morgan fingerprint density at radius 3 is 2.20 bits per heavy atom. The highest BCUT2D eigenvalue weighted by Gasteiger charge is 2.38. The number of ether oxygens (including phenoxy) is 1. The molecule has 1 aliphatic rings. The predicted molar refractivity (Wildman–Crippen MR) is 178 cm³/mol. The molecule has 2 heterocycles. The zero-order chi connectivity index (χ0) is 33.2. The van der Waals surface area contributed by atoms with Crippen LogP contribution < -0.4 is 4.90 Å². The molecule has 3 aromatic carbocycles. The van der Waals surface area contributed by atoms with Gasteiger partial charge in [-0.2, -0.15) is 4.31 Å². The van der Waals surface area contributed by atoms with Gasteiger partial charge in [0.25, 0.3) is 5.91 Å². The number of sulfonamides is 1. The molecule has 0 radical (unpaired) electrons. The first-order chi connectivity index (χ1) is 21.9. The Bertz CT molecular complexity index is 1920. The van der Waals surface area contributed by atoms with Gasteiger partial charge in [0.1, 0.15) is 11.5 Å². The molecule has 0 unspecified atom stereocenters. The third-order valence-electron chi connectivity index (χ3n) is 7.84. The van der Waals surface area contributed by atoms with Crippen molar-refractivity contribution in [1.82, 2.24) is 4.31 Å². The van der Waals surface area contributed by atoms with E-state index in [1.165, 1.54) is 46.7 Å². The highest BCUT2D eigenvalue weighted by atomic mass is 35.5. The number of amides is 1. The molecule has 46 heavy (non-hydrogen) atoms. The molecule has 0 atom stereocenters. The van der Waals surface area contributed by atoms with Crippen LogP contribution in [0.3, 0.4) is 0 Å². The van der Waals surface area contributed by atoms with Gasteiger partial charge in [-0.15, -0.1) is 0 Å². The number of furan rings is 1. The molecule has 8 nitrogen and oxygen atoms in total. The largest absolute Gasteiger partial charge is 0.465 e. The van der Waals surface area contributed by atoms with Gasteiger partial charge in [0.05, 0.1) is 29.7 Å². The second-order valence-electron chi connectivity index (χ2n) is 11.4. The summed E-state index contributed by atoms with van der Waals surface area (Å²) in [6, 6.07) is 24.5. The molecule has 238 valence electrons. The van der Waals surface area contributed by atoms with Crippen molar-refractivity contribution in [1.29, 1.82) is 0 Å². The molecule has 1 aliphatic heterocycles. The van der Waals surface area contributed by atoms with E-state index in [0.717, 1.165) is 16.7 Å². The van der Waals surface area contributed by atoms with Crippen LogP contribution >= 0.6 is 11.6 Å². The lowest BCUT2D eigenvalue weighted by atomic mass is 10.0. The molecule has 0 bridgehead atoms. The summed E-state index contributed by atoms with van der Waals surface area (Å²) < 4.78 is 40.0. The SMILES string of the molecule is COC(=O)C1=C(C)N(c2ccc(C(C)C)cc2)C(=O)/C1=C/c1ccc(CN(Cc2ccc(C)cc2)S(=O)(=O)c2ccc(Cl)cc2)o1. The zero-order valence-corrected chi connectivity index (χ0v) is 27.9. The normalized spacial score (nSPS) is 14.7. The second-order valence-corrected chi connectivity index (χ2v) is 13.8. The van der Waals surface area contributed by atoms with Crippen LogP contribution in [-0.4, -0.2) is 31.7 Å². The van der Waals surface area contributed by atoms with E-state index in [1.807, 2.05) is 55.5 Å². The Morgan fingerprint density at radius 2 is 1.59 bits per heavy atom. The number of allylic oxidation sites excluding steroid dienone is 1. The van der Waals surface area contributed by atoms with Gasteiger partial charge < -0.3 is 9.15 Å². The Labute approximate surface area is 274 Å². The van der Waals surface area contributed by atoms with E-state index in [2.05, 4.69) is 13.8 Å². The van der Waals surface area contributed by atoms with Gasteiger partial charge in [0, 0.05) is 23.0 Å². The molecule has 1 amide bonds. The highest BCUT2D eigenvalue weighted by molar-refractivity contribution is 7.89. The number of halogens is 1. The van der Waals surface area contributed by atoms with Gasteiger partial charge in [0.2, 0.25) is 10.0 Å². The Hall–Kier alpha value is -4.44. The summed E-state index contributed by atoms with van der Waals surface area (Å²) in [6.07, 6.45) is 1.49. The number of benzene rings is 3. The number of methoxy groups -OCH3 is 1. The van der Waals surface area contributed by atoms with E-state index in [0.29, 0.717) is 28.1 Å². The number of esters is 1. The monoisotopic (exact) mass is 658 g/mol. The third kappa shape index (κ3) is 6.87. The minimum absolute atomic E-state index is 0.0804. The minimum atomic E-state index is -3.95. The number of rotatable bonds is 10. The van der Waals surface area contributed by atoms with Crippen molar-refractivity contribution >= 4 is 45.3 Å². The smallest absolute Gasteiger partial charge is 0.340 e. The van der Waals surface area contributed by atoms with Crippen LogP contribution in [-0.2, 0) is 37.4 Å². The molecule has 10 heteroatoms. The number of anilines is 1. The maximum absolute atomic E-state index is 13.8. The Morgan fingerprint density at radius 1 is 0.935 bits per heavy atom. The van der Waals surface area contributed by atoms with Gasteiger partial charge in [-0.05, 0) is 85.5 Å². The Balaban J connectivity index is 1.47. The fraction of sp³-hybridized carbons (Fsp3) is 0.222. The van der Waals surface area contributed by atoms with Crippen molar-refractivity contribution in [2.75, 3.05) is 12.0 Å². The predicted octanol–water partition coefficient (Wildman–Crippen LogP) is 7.63. The van der Waals surface area contributed by atoms with Crippen LogP contribution in [0.2, 0.25) is 5.02 Å². The van der Waals surface area contributed by atoms with E-state index in [-0.39, 0.29) is 34.9 Å². The van der Waals surface area contributed by atoms with Gasteiger partial charge in [0.15, 0.2) is 0 Å². The summed E-state index contributed by atoms with van der Waals surface area (Å²) in [5, 5.41) is 0.427. The van der Waals surface area contributed by atoms with Crippen LogP contribution in [0.25, 0.3) is 6.08 Å². The maximum atomic E-state index is 13.8. The van der Waals surface area contributed by atoms with Gasteiger partial charge in [-0.1, -0.05) is 67.4 Å². The van der Waals surface area contributed by atoms with Gasteiger partial charge in [-0.3, -0.25) is 9.69 Å². The first kappa shape index (κ1) is 32.9. The number of hydrogen-bond acceptors (Lipinski definition) is 6. The van der Waals surface area contributed by atoms with E-state index >= 15 is 0 Å². The first-order valence-corrected chi connectivity index (χ1v) is 16.6. The molecule has 1 aromatic heterocycles. The second kappa shape index (κ2) is 13.5. The number of hydrogen-bond donors (Lipinski definition) is 0. The summed E-state index contributed by atoms with van der Waals surface area (Å²) in [7, 11) is -2.69. The summed E-state index contributed by atoms with van der Waals surface area (Å²) >= 11 is 6.02. The summed E-state index contributed by atoms with van der Waals surface area (Å²) in [4.78, 5) is 28.2. The fourth-order valence-corrected chi connectivity index (χ4v) is 6.77. The number of nitrogens with zero attached hydrogens (tertiary/aromatic N) is 2. The van der Waals surface area contributed by atoms with Crippen molar-refractivity contribution in [2.24, 2.45) is 0 Å². The molecular formula is C36H35ClN2O6S. The number of carbonyl (C=O) groups is 2. The van der Waals surface area contributed by atoms with Crippen molar-refractivity contribution < 1.29 is 27.2 Å². The van der Waals surface area contributed by atoms with Crippen LogP contribution in [0.15, 0.2) is 111 Å². The lowest BCUT2D eigenvalue weighted by molar-refractivity contribution is -0.136. The molecule has 0 fully saturated rings. The lowest BCUT2D eigenvalue weighted by Crippen LogP contribution is -2.30. The number of aryl methyl sites for hydroxylation is 1. The molecule has 0 saturated carbocycles. The van der Waals surface area contributed by atoms with E-state index < -0.39 is 21.9 Å². The first-order valence-electron chi connectivity index (χ1n) is 14.7. The summed E-state index contributed by atoms with van der Waals surface area (Å²) in [5.74, 6) is -0.0988. The molecule has 5 rings (SSSR count). The molecule has 4 aromatic rings. The van der Waals surface area contributed by atoms with Crippen LogP contribution in [0.5, 0.6) is 0 Å². The van der Waals surface area contributed by atoms with Gasteiger partial charge in [-0.25, -0.2) is 13.2 Å². The zero-order valence-electron chi connectivity index (χ0n) is 26.3. The van der Waals surface area contributed by atoms with Crippen molar-refractivity contribution in [3.63, 3.8) is 0 Å². The van der Waals surface area contributed by atoms with Crippen molar-refractivity contribution in [3.8, 4) is 0 Å². The minimum Gasteiger partial charge on any atom is -0.465 e. The summed E-state index contributed by atoms with van der Waals surface area (Å²) in [5.41, 5.74) is 4.29. The van der Waals surface area contributed by atoms with E-state index in [9.17, 15) is 18.0 Å². The lowest BCUT2D eigenvalue weighted by Gasteiger charge is -2.21. The molecule has 0 N–H and O–H groups in total. The van der Waals surface area contributed by atoms with E-state index in [4.69, 9.17) is 20.8 Å². The van der Waals surface area contributed by atoms with E-state index in [1.54, 1.807) is 19.1 Å². The quantitative estimate of drug-likeness (QED) is 0.128. The highest BCUT2D eigenvalue weighted by Crippen LogP contribution is 2.36. The molecule has 0 spiro atoms. The van der Waals surface area contributed by atoms with Crippen LogP contribution in [0.4, 0.5) is 5.69 Å². The number of carbonyl (C=O) groups excluding carboxylic acids is 2. The third-order valence-corrected chi connectivity index (χ3v) is 9.90. The van der Waals surface area contributed by atoms with Crippen LogP contribution in [0.1, 0.15) is 54.9 Å². The molecule has 0 aliphatic carbocycles. The van der Waals surface area contributed by atoms with Crippen molar-refractivity contribution in [2.45, 2.75) is 51.6 Å². The average molecular weight is 659 g/mol. The Kier molecular flexibility index (Phi) is 9.67. The maximum Gasteiger partial charge on any atom is 0.340 e. The fourth-order valence-electron chi connectivity index (χ4n) is 5.25. The average Bonchev–Trinajstić information content (AvgIpc) is 3.58. The molecular weight excluding hydrogens is 624 g/mol. The standard InChI is InChI=1S/C36H35ClN2O6S/c1-23(2)27-10-14-29(15-11-27)39-25(4)34(36(41)44-5)33(35(39)40)20-30-16-17-31(45-30)22-38(21-26-8-6-24(3)7-9-26)46(42,43)32-18-12-28(37)13-19-32/h6-20,23H,21-22H2,1-5H3/b33-20+.